The van der Waals surface area contributed by atoms with Crippen LogP contribution in [0.1, 0.15) is 0 Å². The van der Waals surface area contributed by atoms with Crippen molar-refractivity contribution in [2.24, 2.45) is 0 Å². The molecule has 0 unspecified atom stereocenters. The van der Waals surface area contributed by atoms with Crippen molar-refractivity contribution in [3.63, 3.8) is 0 Å². The number of hydrogen-bond acceptors (Lipinski definition) is 4. The zero-order chi connectivity index (χ0) is 11.7. The van der Waals surface area contributed by atoms with Crippen molar-refractivity contribution in [2.45, 2.75) is 0 Å². The molecule has 0 saturated carbocycles. The van der Waals surface area contributed by atoms with E-state index in [1.54, 1.807) is 12.3 Å². The summed E-state index contributed by atoms with van der Waals surface area (Å²) in [6.45, 7) is 1.63. The van der Waals surface area contributed by atoms with Crippen LogP contribution in [0.25, 0.3) is 11.2 Å². The van der Waals surface area contributed by atoms with Gasteiger partial charge in [-0.25, -0.2) is 0 Å². The van der Waals surface area contributed by atoms with E-state index in [4.69, 9.17) is 21.1 Å². The number of rotatable bonds is 3. The fourth-order valence-electron chi connectivity index (χ4n) is 1.44. The van der Waals surface area contributed by atoms with E-state index in [9.17, 15) is 0 Å². The molecular formula is C10H12BrN2O2S+. The first-order valence-corrected chi connectivity index (χ1v) is 6.05. The van der Waals surface area contributed by atoms with E-state index in [0.717, 1.165) is 23.4 Å². The number of quaternary nitrogens is 1. The molecule has 16 heavy (non-hydrogen) atoms. The molecule has 3 N–H and O–H groups in total. The predicted octanol–water partition coefficient (Wildman–Crippen LogP) is 2.20. The molecule has 0 aliphatic carbocycles. The molecular weight excluding hydrogens is 292 g/mol. The Kier molecular flexibility index (Phi) is 3.32. The zero-order valence-electron chi connectivity index (χ0n) is 8.83. The highest BCUT2D eigenvalue weighted by Crippen LogP contribution is 2.30. The molecule has 4 nitrogen and oxygen atoms in total. The van der Waals surface area contributed by atoms with Crippen molar-refractivity contribution in [1.82, 2.24) is 0 Å². The molecule has 0 saturated heterocycles. The van der Waals surface area contributed by atoms with E-state index in [-0.39, 0.29) is 0 Å². The summed E-state index contributed by atoms with van der Waals surface area (Å²) in [6.07, 6.45) is 1.58. The van der Waals surface area contributed by atoms with Crippen LogP contribution < -0.4 is 10.6 Å². The first-order chi connectivity index (χ1) is 7.63. The molecule has 2 aromatic heterocycles. The fourth-order valence-corrected chi connectivity index (χ4v) is 2.03. The van der Waals surface area contributed by atoms with Crippen LogP contribution >= 0.6 is 28.1 Å². The van der Waals surface area contributed by atoms with Crippen LogP contribution in [0.3, 0.4) is 0 Å². The summed E-state index contributed by atoms with van der Waals surface area (Å²) >= 11 is 8.60. The Hall–Kier alpha value is -0.850. The van der Waals surface area contributed by atoms with Crippen LogP contribution in [0.15, 0.2) is 25.6 Å². The molecule has 6 heteroatoms. The summed E-state index contributed by atoms with van der Waals surface area (Å²) in [6, 6.07) is 1.79. The van der Waals surface area contributed by atoms with E-state index < -0.39 is 0 Å². The number of fused-ring (bicyclic) bond motifs is 1. The third-order valence-corrected chi connectivity index (χ3v) is 3.11. The maximum atomic E-state index is 5.72. The minimum Gasteiger partial charge on any atom is -0.458 e. The van der Waals surface area contributed by atoms with Gasteiger partial charge in [-0.2, -0.15) is 0 Å². The Morgan fingerprint density at radius 2 is 2.25 bits per heavy atom. The number of anilines is 1. The molecule has 2 heterocycles. The molecule has 0 atom stereocenters. The highest BCUT2D eigenvalue weighted by Gasteiger charge is 2.12. The lowest BCUT2D eigenvalue weighted by Gasteiger charge is -2.14. The summed E-state index contributed by atoms with van der Waals surface area (Å²) in [5.74, 6) is 0.725. The molecule has 86 valence electrons. The van der Waals surface area contributed by atoms with E-state index in [1.807, 2.05) is 11.9 Å². The van der Waals surface area contributed by atoms with Crippen LogP contribution in [0.5, 0.6) is 0 Å². The van der Waals surface area contributed by atoms with Crippen molar-refractivity contribution < 1.29 is 14.6 Å². The van der Waals surface area contributed by atoms with Crippen molar-refractivity contribution in [1.29, 1.82) is 0 Å². The second-order valence-electron chi connectivity index (χ2n) is 3.47. The minimum absolute atomic E-state index is 0.605. The standard InChI is InChI=1S/C10H11BrN2O2S/c1-13(3-2-12)8-4-7(16)10-9(15-8)6(11)5-14-10/h4-5H,2-3,12H2,1H3/p+1. The van der Waals surface area contributed by atoms with Gasteiger partial charge < -0.3 is 19.5 Å². The van der Waals surface area contributed by atoms with Crippen molar-refractivity contribution in [2.75, 3.05) is 25.0 Å². The number of nitrogens with zero attached hydrogens (tertiary/aromatic N) is 1. The van der Waals surface area contributed by atoms with Gasteiger partial charge in [0.1, 0.15) is 6.26 Å². The van der Waals surface area contributed by atoms with E-state index in [1.165, 1.54) is 0 Å². The number of furan rings is 1. The Morgan fingerprint density at radius 1 is 1.50 bits per heavy atom. The molecule has 0 aliphatic rings. The summed E-state index contributed by atoms with van der Waals surface area (Å²) in [5, 5.41) is 0. The van der Waals surface area contributed by atoms with Gasteiger partial charge in [-0.05, 0) is 15.9 Å². The van der Waals surface area contributed by atoms with Gasteiger partial charge in [0.05, 0.1) is 22.1 Å². The van der Waals surface area contributed by atoms with Gasteiger partial charge in [-0.3, -0.25) is 0 Å². The van der Waals surface area contributed by atoms with Gasteiger partial charge in [-0.1, -0.05) is 12.2 Å². The predicted molar refractivity (Wildman–Crippen MR) is 68.0 cm³/mol. The van der Waals surface area contributed by atoms with Crippen molar-refractivity contribution in [3.8, 4) is 0 Å². The Morgan fingerprint density at radius 3 is 2.94 bits per heavy atom. The molecule has 0 fully saturated rings. The lowest BCUT2D eigenvalue weighted by atomic mass is 10.4. The SMILES string of the molecule is CN(CC[NH3+])c1cc(=S)c2occ(Br)c2o1. The molecule has 0 amide bonds. The maximum Gasteiger partial charge on any atom is 0.197 e. The average molecular weight is 304 g/mol. The lowest BCUT2D eigenvalue weighted by molar-refractivity contribution is -0.363. The molecule has 0 radical (unpaired) electrons. The third kappa shape index (κ3) is 2.00. The Bertz CT molecular complexity index is 563. The largest absolute Gasteiger partial charge is 0.458 e. The summed E-state index contributed by atoms with van der Waals surface area (Å²) in [4.78, 5) is 1.97. The molecule has 2 rings (SSSR count). The smallest absolute Gasteiger partial charge is 0.197 e. The van der Waals surface area contributed by atoms with Crippen LogP contribution in [0.2, 0.25) is 0 Å². The number of hydrogen-bond donors (Lipinski definition) is 1. The van der Waals surface area contributed by atoms with Crippen molar-refractivity contribution in [3.05, 3.63) is 21.3 Å². The molecule has 0 aromatic carbocycles. The fraction of sp³-hybridized carbons (Fsp3) is 0.300. The highest BCUT2D eigenvalue weighted by molar-refractivity contribution is 9.10. The maximum absolute atomic E-state index is 5.72. The number of likely N-dealkylation sites (N-methyl/N-ethyl adjacent to an activating group) is 1. The monoisotopic (exact) mass is 303 g/mol. The summed E-state index contributed by atoms with van der Waals surface area (Å²) in [7, 11) is 1.94. The second kappa shape index (κ2) is 4.57. The van der Waals surface area contributed by atoms with Crippen LogP contribution in [0, 0.1) is 4.51 Å². The van der Waals surface area contributed by atoms with Gasteiger partial charge in [0, 0.05) is 13.1 Å². The summed E-state index contributed by atoms with van der Waals surface area (Å²) in [5.41, 5.74) is 5.06. The van der Waals surface area contributed by atoms with Gasteiger partial charge in [0.2, 0.25) is 0 Å². The van der Waals surface area contributed by atoms with Gasteiger partial charge in [0.15, 0.2) is 17.1 Å². The molecule has 0 spiro atoms. The Balaban J connectivity index is 2.56. The normalized spacial score (nSPS) is 10.9. The first-order valence-electron chi connectivity index (χ1n) is 4.84. The van der Waals surface area contributed by atoms with Crippen LogP contribution in [0.4, 0.5) is 5.88 Å². The molecule has 0 bridgehead atoms. The highest BCUT2D eigenvalue weighted by atomic mass is 79.9. The number of halogens is 1. The average Bonchev–Trinajstić information content (AvgIpc) is 2.61. The first kappa shape index (κ1) is 11.6. The van der Waals surface area contributed by atoms with Gasteiger partial charge in [-0.15, -0.1) is 0 Å². The third-order valence-electron chi connectivity index (χ3n) is 2.26. The molecule has 0 aliphatic heterocycles. The van der Waals surface area contributed by atoms with Gasteiger partial charge >= 0.3 is 0 Å². The zero-order valence-corrected chi connectivity index (χ0v) is 11.2. The van der Waals surface area contributed by atoms with Crippen LogP contribution in [-0.2, 0) is 0 Å². The van der Waals surface area contributed by atoms with E-state index >= 15 is 0 Å². The summed E-state index contributed by atoms with van der Waals surface area (Å²) < 4.78 is 12.4. The molecule has 2 aromatic rings. The second-order valence-corrected chi connectivity index (χ2v) is 4.76. The van der Waals surface area contributed by atoms with Crippen molar-refractivity contribution >= 4 is 45.2 Å². The van der Waals surface area contributed by atoms with Gasteiger partial charge in [0.25, 0.3) is 0 Å². The quantitative estimate of drug-likeness (QED) is 0.883. The Labute approximate surface area is 106 Å². The lowest BCUT2D eigenvalue weighted by Crippen LogP contribution is -2.54. The van der Waals surface area contributed by atoms with E-state index in [0.29, 0.717) is 15.7 Å². The van der Waals surface area contributed by atoms with E-state index in [2.05, 4.69) is 21.7 Å². The topological polar surface area (TPSA) is 57.2 Å². The minimum atomic E-state index is 0.605. The van der Waals surface area contributed by atoms with Crippen LogP contribution in [-0.4, -0.2) is 20.1 Å².